The van der Waals surface area contributed by atoms with E-state index in [1.54, 1.807) is 0 Å². The molecule has 1 amide bonds. The number of H-pyrrole nitrogens is 1. The van der Waals surface area contributed by atoms with Crippen molar-refractivity contribution >= 4 is 29.2 Å². The Labute approximate surface area is 162 Å². The number of hydrogen-bond acceptors (Lipinski definition) is 9. The Balaban J connectivity index is -0.000000309. The third-order valence-corrected chi connectivity index (χ3v) is 2.06. The fourth-order valence-electron chi connectivity index (χ4n) is 0.959. The molecule has 0 bridgehead atoms. The number of ketones is 3. The summed E-state index contributed by atoms with van der Waals surface area (Å²) in [7, 11) is 0. The number of amides is 1. The van der Waals surface area contributed by atoms with E-state index in [9.17, 15) is 24.0 Å². The maximum Gasteiger partial charge on any atom is 0.310 e. The van der Waals surface area contributed by atoms with Crippen LogP contribution in [0, 0.1) is 0 Å². The quantitative estimate of drug-likeness (QED) is 0.225. The molecule has 0 aliphatic carbocycles. The Bertz CT molecular complexity index is 611. The third kappa shape index (κ3) is 30.6. The molecule has 0 fully saturated rings. The molecule has 0 aliphatic rings. The second kappa shape index (κ2) is 20.0. The topological polar surface area (TPSA) is 192 Å². The van der Waals surface area contributed by atoms with Gasteiger partial charge in [0.2, 0.25) is 0 Å². The molecule has 0 saturated heterocycles. The summed E-state index contributed by atoms with van der Waals surface area (Å²) in [6.45, 7) is 8.00. The highest BCUT2D eigenvalue weighted by atomic mass is 16.5. The fraction of sp³-hybridized carbons (Fsp3) is 0.500. The van der Waals surface area contributed by atoms with E-state index in [1.165, 1.54) is 26.3 Å². The molecule has 0 spiro atoms. The minimum atomic E-state index is -1.06. The molecular weight excluding hydrogens is 374 g/mol. The second-order valence-electron chi connectivity index (χ2n) is 5.06. The number of carboxylic acid groups (broad SMARTS) is 1. The minimum Gasteiger partial charge on any atom is -0.481 e. The molecule has 0 atom stereocenters. The van der Waals surface area contributed by atoms with Crippen LogP contribution >= 0.6 is 0 Å². The molecule has 12 heteroatoms. The van der Waals surface area contributed by atoms with Gasteiger partial charge >= 0.3 is 5.97 Å². The van der Waals surface area contributed by atoms with E-state index in [2.05, 4.69) is 20.6 Å². The molecule has 0 radical (unpaired) electrons. The van der Waals surface area contributed by atoms with Gasteiger partial charge in [-0.15, -0.1) is 10.2 Å². The lowest BCUT2D eigenvalue weighted by atomic mass is 10.3. The van der Waals surface area contributed by atoms with Crippen LogP contribution < -0.4 is 5.48 Å². The van der Waals surface area contributed by atoms with Crippen molar-refractivity contribution in [3.05, 3.63) is 18.0 Å². The van der Waals surface area contributed by atoms with E-state index >= 15 is 0 Å². The summed E-state index contributed by atoms with van der Waals surface area (Å²) in [4.78, 5) is 49.9. The number of tetrazole rings is 1. The molecular formula is C16H27N5O7. The predicted octanol–water partition coefficient (Wildman–Crippen LogP) is 0.435. The van der Waals surface area contributed by atoms with Crippen molar-refractivity contribution in [3.63, 3.8) is 0 Å². The van der Waals surface area contributed by atoms with Crippen LogP contribution in [0.1, 0.15) is 53.3 Å². The lowest BCUT2D eigenvalue weighted by Crippen LogP contribution is -2.20. The standard InChI is InChI=1S/C4H6N4O.C4H7NO3.C4H6O3.C4H8/c1-3(9)2-4-5-7-8-6-4;1-3(6)2-4(7)5-8;1-3(5)2-4(6)7;1-3-4-2/h2H2,1H3,(H,5,6,7,8);8H,2H2,1H3,(H,5,7);2H2,1H3,(H,6,7);3-4H,1-2H3. The van der Waals surface area contributed by atoms with Gasteiger partial charge in [-0.25, -0.2) is 5.48 Å². The lowest BCUT2D eigenvalue weighted by Gasteiger charge is -1.89. The van der Waals surface area contributed by atoms with Crippen LogP contribution in [0.2, 0.25) is 0 Å². The van der Waals surface area contributed by atoms with Crippen molar-refractivity contribution in [1.29, 1.82) is 0 Å². The Morgan fingerprint density at radius 2 is 1.46 bits per heavy atom. The zero-order valence-electron chi connectivity index (χ0n) is 16.6. The molecule has 28 heavy (non-hydrogen) atoms. The SMILES string of the molecule is CC(=O)CC(=O)NO.CC(=O)CC(=O)O.CC(=O)Cc1nn[nH]n1.CC=CC. The highest BCUT2D eigenvalue weighted by Gasteiger charge is 2.01. The Morgan fingerprint density at radius 3 is 1.64 bits per heavy atom. The highest BCUT2D eigenvalue weighted by molar-refractivity contribution is 5.96. The van der Waals surface area contributed by atoms with Gasteiger partial charge in [0.05, 0.1) is 12.8 Å². The number of allylic oxidation sites excluding steroid dienone is 2. The summed E-state index contributed by atoms with van der Waals surface area (Å²) < 4.78 is 0. The smallest absolute Gasteiger partial charge is 0.310 e. The lowest BCUT2D eigenvalue weighted by molar-refractivity contribution is -0.140. The number of Topliss-reactive ketones (excluding diaryl/α,β-unsaturated/α-hetero) is 3. The van der Waals surface area contributed by atoms with Crippen molar-refractivity contribution in [2.75, 3.05) is 0 Å². The van der Waals surface area contributed by atoms with Crippen molar-refractivity contribution in [3.8, 4) is 0 Å². The number of aliphatic carboxylic acids is 1. The molecule has 0 saturated carbocycles. The van der Waals surface area contributed by atoms with E-state index in [0.717, 1.165) is 0 Å². The number of hydrogen-bond donors (Lipinski definition) is 4. The third-order valence-electron chi connectivity index (χ3n) is 2.06. The summed E-state index contributed by atoms with van der Waals surface area (Å²) in [6, 6.07) is 0. The van der Waals surface area contributed by atoms with E-state index in [1.807, 2.05) is 26.0 Å². The molecule has 12 nitrogen and oxygen atoms in total. The summed E-state index contributed by atoms with van der Waals surface area (Å²) in [5.74, 6) is -1.83. The molecule has 0 aromatic carbocycles. The predicted molar refractivity (Wildman–Crippen MR) is 97.2 cm³/mol. The number of nitrogens with one attached hydrogen (secondary N) is 2. The van der Waals surface area contributed by atoms with Gasteiger partial charge in [0, 0.05) is 0 Å². The number of carboxylic acids is 1. The average Bonchev–Trinajstić information content (AvgIpc) is 3.06. The van der Waals surface area contributed by atoms with Gasteiger partial charge in [0.1, 0.15) is 23.8 Å². The fourth-order valence-corrected chi connectivity index (χ4v) is 0.959. The summed E-state index contributed by atoms with van der Waals surface area (Å²) in [6.07, 6.45) is 3.65. The number of hydroxylamine groups is 1. The van der Waals surface area contributed by atoms with Crippen molar-refractivity contribution in [2.24, 2.45) is 0 Å². The molecule has 1 aromatic rings. The summed E-state index contributed by atoms with van der Waals surface area (Å²) in [5, 5.41) is 28.4. The first-order chi connectivity index (χ1) is 13.0. The van der Waals surface area contributed by atoms with E-state index < -0.39 is 11.9 Å². The zero-order valence-corrected chi connectivity index (χ0v) is 16.6. The van der Waals surface area contributed by atoms with Gasteiger partial charge in [-0.3, -0.25) is 29.2 Å². The van der Waals surface area contributed by atoms with Crippen molar-refractivity contribution < 1.29 is 34.3 Å². The molecule has 1 heterocycles. The minimum absolute atomic E-state index is 0.0383. The normalized spacial score (nSPS) is 8.79. The summed E-state index contributed by atoms with van der Waals surface area (Å²) >= 11 is 0. The number of aromatic amines is 1. The monoisotopic (exact) mass is 401 g/mol. The Hall–Kier alpha value is -3.28. The summed E-state index contributed by atoms with van der Waals surface area (Å²) in [5.41, 5.74) is 1.34. The van der Waals surface area contributed by atoms with E-state index in [0.29, 0.717) is 5.82 Å². The van der Waals surface area contributed by atoms with Crippen LogP contribution in [0.15, 0.2) is 12.2 Å². The molecule has 1 aromatic heterocycles. The maximum absolute atomic E-state index is 10.4. The molecule has 158 valence electrons. The number of nitrogens with zero attached hydrogens (tertiary/aromatic N) is 3. The first kappa shape index (κ1) is 29.5. The van der Waals surface area contributed by atoms with Crippen LogP contribution in [0.5, 0.6) is 0 Å². The number of carbonyl (C=O) groups is 5. The van der Waals surface area contributed by atoms with Gasteiger partial charge in [0.15, 0.2) is 5.82 Å². The zero-order chi connectivity index (χ0) is 22.5. The second-order valence-corrected chi connectivity index (χ2v) is 5.06. The van der Waals surface area contributed by atoms with Gasteiger partial charge < -0.3 is 5.11 Å². The Morgan fingerprint density at radius 1 is 0.964 bits per heavy atom. The van der Waals surface area contributed by atoms with Crippen molar-refractivity contribution in [2.45, 2.75) is 53.9 Å². The maximum atomic E-state index is 10.4. The van der Waals surface area contributed by atoms with Gasteiger partial charge in [-0.1, -0.05) is 17.4 Å². The van der Waals surface area contributed by atoms with Gasteiger partial charge in [-0.2, -0.15) is 5.21 Å². The molecule has 0 aliphatic heterocycles. The van der Waals surface area contributed by atoms with Crippen LogP contribution in [-0.4, -0.2) is 60.2 Å². The molecule has 0 unspecified atom stereocenters. The van der Waals surface area contributed by atoms with Gasteiger partial charge in [0.25, 0.3) is 5.91 Å². The molecule has 4 N–H and O–H groups in total. The largest absolute Gasteiger partial charge is 0.481 e. The Kier molecular flexibility index (Phi) is 21.1. The van der Waals surface area contributed by atoms with Crippen LogP contribution in [0.3, 0.4) is 0 Å². The van der Waals surface area contributed by atoms with Crippen LogP contribution in [0.4, 0.5) is 0 Å². The highest BCUT2D eigenvalue weighted by Crippen LogP contribution is 1.84. The first-order valence-corrected chi connectivity index (χ1v) is 7.92. The van der Waals surface area contributed by atoms with Crippen LogP contribution in [-0.2, 0) is 30.4 Å². The average molecular weight is 401 g/mol. The number of carbonyl (C=O) groups excluding carboxylic acids is 4. The van der Waals surface area contributed by atoms with Crippen LogP contribution in [0.25, 0.3) is 0 Å². The molecule has 1 rings (SSSR count). The van der Waals surface area contributed by atoms with E-state index in [4.69, 9.17) is 10.3 Å². The van der Waals surface area contributed by atoms with Gasteiger partial charge in [-0.05, 0) is 34.6 Å². The van der Waals surface area contributed by atoms with Crippen molar-refractivity contribution in [1.82, 2.24) is 26.1 Å². The number of rotatable bonds is 6. The van der Waals surface area contributed by atoms with E-state index in [-0.39, 0.29) is 36.6 Å². The first-order valence-electron chi connectivity index (χ1n) is 7.92. The number of aromatic nitrogens is 4.